The number of piperazine rings is 1. The minimum Gasteiger partial charge on any atom is -0.369 e. The summed E-state index contributed by atoms with van der Waals surface area (Å²) in [5, 5.41) is 3.13. The molecule has 6 heteroatoms. The molecule has 4 aromatic rings. The van der Waals surface area contributed by atoms with Gasteiger partial charge in [0.15, 0.2) is 0 Å². The van der Waals surface area contributed by atoms with Crippen molar-refractivity contribution in [2.45, 2.75) is 10.1 Å². The second-order valence-electron chi connectivity index (χ2n) is 8.98. The van der Waals surface area contributed by atoms with Crippen LogP contribution in [0.15, 0.2) is 108 Å². The highest BCUT2D eigenvalue weighted by atomic mass is 32.2. The van der Waals surface area contributed by atoms with Crippen LogP contribution in [-0.2, 0) is 0 Å². The largest absolute Gasteiger partial charge is 0.369 e. The lowest BCUT2D eigenvalue weighted by molar-refractivity contribution is 0.102. The molecule has 2 heterocycles. The van der Waals surface area contributed by atoms with Gasteiger partial charge in [-0.2, -0.15) is 0 Å². The first-order chi connectivity index (χ1) is 17.7. The maximum Gasteiger partial charge on any atom is 0.258 e. The van der Waals surface area contributed by atoms with Crippen molar-refractivity contribution in [2.24, 2.45) is 0 Å². The van der Waals surface area contributed by atoms with Crippen LogP contribution in [0, 0.1) is 0 Å². The Balaban J connectivity index is 1.34. The highest BCUT2D eigenvalue weighted by molar-refractivity contribution is 7.99. The van der Waals surface area contributed by atoms with Gasteiger partial charge in [0.25, 0.3) is 5.91 Å². The molecule has 0 radical (unpaired) electrons. The Hall–Kier alpha value is -3.61. The van der Waals surface area contributed by atoms with Gasteiger partial charge in [0, 0.05) is 54.8 Å². The van der Waals surface area contributed by atoms with Gasteiger partial charge in [-0.15, -0.1) is 11.8 Å². The zero-order valence-electron chi connectivity index (χ0n) is 20.4. The standard InChI is InChI=1S/C30H30N4OS/c1-33-18-20-34(21-19-33)26-14-12-25(13-15-26)32-30(35)27-22-31-17-16-28(27)36-29(23-8-4-2-5-9-23)24-10-6-3-7-11-24/h2-17,22,29H,18-21H2,1H3,(H,32,35). The lowest BCUT2D eigenvalue weighted by Crippen LogP contribution is -2.44. The number of nitrogens with zero attached hydrogens (tertiary/aromatic N) is 3. The van der Waals surface area contributed by atoms with Crippen molar-refractivity contribution in [1.82, 2.24) is 9.88 Å². The second kappa shape index (κ2) is 11.4. The van der Waals surface area contributed by atoms with Crippen LogP contribution < -0.4 is 10.2 Å². The van der Waals surface area contributed by atoms with Crippen molar-refractivity contribution < 1.29 is 4.79 Å². The predicted octanol–water partition coefficient (Wildman–Crippen LogP) is 5.97. The van der Waals surface area contributed by atoms with Crippen molar-refractivity contribution in [3.8, 4) is 0 Å². The molecule has 0 spiro atoms. The molecule has 1 aliphatic rings. The summed E-state index contributed by atoms with van der Waals surface area (Å²) in [5.74, 6) is -0.155. The van der Waals surface area contributed by atoms with Gasteiger partial charge in [-0.1, -0.05) is 60.7 Å². The highest BCUT2D eigenvalue weighted by Gasteiger charge is 2.20. The number of carbonyl (C=O) groups excluding carboxylic acids is 1. The molecule has 0 atom stereocenters. The fourth-order valence-corrected chi connectivity index (χ4v) is 5.64. The predicted molar refractivity (Wildman–Crippen MR) is 149 cm³/mol. The average molecular weight is 495 g/mol. The minimum atomic E-state index is -0.155. The minimum absolute atomic E-state index is 0.0595. The Morgan fingerprint density at radius 2 is 1.44 bits per heavy atom. The third-order valence-corrected chi connectivity index (χ3v) is 7.86. The van der Waals surface area contributed by atoms with E-state index in [9.17, 15) is 4.79 Å². The Bertz CT molecular complexity index is 1230. The van der Waals surface area contributed by atoms with E-state index in [-0.39, 0.29) is 11.2 Å². The molecule has 1 fully saturated rings. The van der Waals surface area contributed by atoms with Crippen LogP contribution in [0.2, 0.25) is 0 Å². The van der Waals surface area contributed by atoms with Gasteiger partial charge in [-0.05, 0) is 48.5 Å². The third-order valence-electron chi connectivity index (χ3n) is 6.47. The molecule has 5 nitrogen and oxygen atoms in total. The van der Waals surface area contributed by atoms with Gasteiger partial charge in [0.05, 0.1) is 10.8 Å². The summed E-state index contributed by atoms with van der Waals surface area (Å²) in [4.78, 5) is 23.2. The molecule has 1 aliphatic heterocycles. The highest BCUT2D eigenvalue weighted by Crippen LogP contribution is 2.41. The van der Waals surface area contributed by atoms with E-state index in [0.29, 0.717) is 5.56 Å². The number of thioether (sulfide) groups is 1. The number of rotatable bonds is 7. The summed E-state index contributed by atoms with van der Waals surface area (Å²) < 4.78 is 0. The van der Waals surface area contributed by atoms with Gasteiger partial charge in [0.2, 0.25) is 0 Å². The normalized spacial score (nSPS) is 14.1. The van der Waals surface area contributed by atoms with Gasteiger partial charge in [-0.25, -0.2) is 0 Å². The molecule has 1 amide bonds. The summed E-state index contributed by atoms with van der Waals surface area (Å²) in [7, 11) is 2.16. The zero-order chi connectivity index (χ0) is 24.7. The first-order valence-electron chi connectivity index (χ1n) is 12.2. The fraction of sp³-hybridized carbons (Fsp3) is 0.200. The molecule has 1 saturated heterocycles. The molecule has 0 aliphatic carbocycles. The molecule has 182 valence electrons. The van der Waals surface area contributed by atoms with E-state index in [0.717, 1.165) is 36.8 Å². The van der Waals surface area contributed by atoms with Crippen LogP contribution in [0.5, 0.6) is 0 Å². The number of pyridine rings is 1. The zero-order valence-corrected chi connectivity index (χ0v) is 21.2. The quantitative estimate of drug-likeness (QED) is 0.321. The molecule has 1 N–H and O–H groups in total. The van der Waals surface area contributed by atoms with Crippen molar-refractivity contribution in [1.29, 1.82) is 0 Å². The van der Waals surface area contributed by atoms with E-state index in [1.165, 1.54) is 16.8 Å². The van der Waals surface area contributed by atoms with Gasteiger partial charge >= 0.3 is 0 Å². The molecular weight excluding hydrogens is 464 g/mol. The Labute approximate surface area is 217 Å². The van der Waals surface area contributed by atoms with Crippen LogP contribution in [0.3, 0.4) is 0 Å². The Morgan fingerprint density at radius 1 is 0.833 bits per heavy atom. The number of hydrogen-bond acceptors (Lipinski definition) is 5. The lowest BCUT2D eigenvalue weighted by Gasteiger charge is -2.34. The molecule has 5 rings (SSSR count). The van der Waals surface area contributed by atoms with Crippen LogP contribution >= 0.6 is 11.8 Å². The van der Waals surface area contributed by atoms with Crippen LogP contribution in [0.4, 0.5) is 11.4 Å². The molecule has 1 aromatic heterocycles. The van der Waals surface area contributed by atoms with E-state index in [2.05, 4.69) is 87.8 Å². The topological polar surface area (TPSA) is 48.5 Å². The summed E-state index contributed by atoms with van der Waals surface area (Å²) >= 11 is 1.67. The first kappa shape index (κ1) is 24.1. The SMILES string of the molecule is CN1CCN(c2ccc(NC(=O)c3cnccc3SC(c3ccccc3)c3ccccc3)cc2)CC1. The average Bonchev–Trinajstić information content (AvgIpc) is 2.94. The number of hydrogen-bond donors (Lipinski definition) is 1. The number of benzene rings is 3. The van der Waals surface area contributed by atoms with Crippen LogP contribution in [-0.4, -0.2) is 49.0 Å². The molecule has 0 unspecified atom stereocenters. The maximum absolute atomic E-state index is 13.3. The van der Waals surface area contributed by atoms with Gasteiger partial charge < -0.3 is 15.1 Å². The molecular formula is C30H30N4OS. The fourth-order valence-electron chi connectivity index (χ4n) is 4.38. The third kappa shape index (κ3) is 5.78. The van der Waals surface area contributed by atoms with Gasteiger partial charge in [0.1, 0.15) is 0 Å². The number of amides is 1. The number of likely N-dealkylation sites (N-methyl/N-ethyl adjacent to an activating group) is 1. The molecule has 3 aromatic carbocycles. The summed E-state index contributed by atoms with van der Waals surface area (Å²) in [6.07, 6.45) is 3.40. The van der Waals surface area contributed by atoms with Crippen LogP contribution in [0.25, 0.3) is 0 Å². The van der Waals surface area contributed by atoms with Crippen LogP contribution in [0.1, 0.15) is 26.7 Å². The number of aromatic nitrogens is 1. The molecule has 36 heavy (non-hydrogen) atoms. The number of carbonyl (C=O) groups is 1. The second-order valence-corrected chi connectivity index (χ2v) is 10.1. The number of nitrogens with one attached hydrogen (secondary N) is 1. The van der Waals surface area contributed by atoms with E-state index in [1.807, 2.05) is 30.3 Å². The monoisotopic (exact) mass is 494 g/mol. The Kier molecular flexibility index (Phi) is 7.64. The first-order valence-corrected chi connectivity index (χ1v) is 13.1. The van der Waals surface area contributed by atoms with Gasteiger partial charge in [-0.3, -0.25) is 9.78 Å². The lowest BCUT2D eigenvalue weighted by atomic mass is 10.0. The van der Waals surface area contributed by atoms with Crippen molar-refractivity contribution in [2.75, 3.05) is 43.4 Å². The van der Waals surface area contributed by atoms with Crippen molar-refractivity contribution in [3.63, 3.8) is 0 Å². The van der Waals surface area contributed by atoms with E-state index >= 15 is 0 Å². The summed E-state index contributed by atoms with van der Waals surface area (Å²) in [5.41, 5.74) is 4.92. The van der Waals surface area contributed by atoms with Crippen molar-refractivity contribution in [3.05, 3.63) is 120 Å². The van der Waals surface area contributed by atoms with E-state index in [4.69, 9.17) is 0 Å². The number of anilines is 2. The maximum atomic E-state index is 13.3. The smallest absolute Gasteiger partial charge is 0.258 e. The van der Waals surface area contributed by atoms with Crippen molar-refractivity contribution >= 4 is 29.0 Å². The van der Waals surface area contributed by atoms with E-state index < -0.39 is 0 Å². The molecule has 0 saturated carbocycles. The summed E-state index contributed by atoms with van der Waals surface area (Å²) in [6, 6.07) is 30.8. The Morgan fingerprint density at radius 3 is 2.06 bits per heavy atom. The molecule has 0 bridgehead atoms. The summed E-state index contributed by atoms with van der Waals surface area (Å²) in [6.45, 7) is 4.16. The van der Waals surface area contributed by atoms with E-state index in [1.54, 1.807) is 24.2 Å².